The number of nitrogens with two attached hydrogens (primary N) is 1. The van der Waals surface area contributed by atoms with Crippen LogP contribution in [0.15, 0.2) is 6.07 Å². The van der Waals surface area contributed by atoms with Crippen LogP contribution in [0.3, 0.4) is 0 Å². The summed E-state index contributed by atoms with van der Waals surface area (Å²) in [6.45, 7) is 6.33. The van der Waals surface area contributed by atoms with Gasteiger partial charge in [0.2, 0.25) is 0 Å². The van der Waals surface area contributed by atoms with Crippen LogP contribution in [-0.2, 0) is 6.54 Å². The summed E-state index contributed by atoms with van der Waals surface area (Å²) in [4.78, 5) is 10.8. The molecular weight excluding hydrogens is 216 g/mol. The second-order valence-electron chi connectivity index (χ2n) is 4.92. The third-order valence-corrected chi connectivity index (χ3v) is 3.29. The molecule has 1 aliphatic heterocycles. The van der Waals surface area contributed by atoms with Crippen molar-refractivity contribution in [3.63, 3.8) is 0 Å². The lowest BCUT2D eigenvalue weighted by molar-refractivity contribution is 0.0249. The number of hydrogen-bond acceptors (Lipinski definition) is 5. The van der Waals surface area contributed by atoms with Crippen LogP contribution in [0.2, 0.25) is 0 Å². The first-order valence-electron chi connectivity index (χ1n) is 6.05. The van der Waals surface area contributed by atoms with Crippen molar-refractivity contribution in [2.24, 2.45) is 5.92 Å². The molecule has 17 heavy (non-hydrogen) atoms. The van der Waals surface area contributed by atoms with Crippen LogP contribution in [0.4, 0.5) is 5.82 Å². The van der Waals surface area contributed by atoms with E-state index >= 15 is 0 Å². The van der Waals surface area contributed by atoms with Crippen LogP contribution < -0.4 is 5.73 Å². The van der Waals surface area contributed by atoms with Gasteiger partial charge >= 0.3 is 0 Å². The standard InChI is InChI=1S/C12H20N4O/c1-8-3-4-16(6-10(8)17)7-12-14-9(2)5-11(13)15-12/h5,8,10,17H,3-4,6-7H2,1-2H3,(H2,13,14,15). The molecule has 1 aliphatic rings. The highest BCUT2D eigenvalue weighted by molar-refractivity contribution is 5.29. The fraction of sp³-hybridized carbons (Fsp3) is 0.667. The van der Waals surface area contributed by atoms with Gasteiger partial charge in [0.15, 0.2) is 0 Å². The number of likely N-dealkylation sites (tertiary alicyclic amines) is 1. The molecular formula is C12H20N4O. The molecule has 2 heterocycles. The number of nitrogen functional groups attached to an aromatic ring is 1. The summed E-state index contributed by atoms with van der Waals surface area (Å²) < 4.78 is 0. The minimum atomic E-state index is -0.245. The summed E-state index contributed by atoms with van der Waals surface area (Å²) in [5, 5.41) is 9.83. The number of aromatic nitrogens is 2. The maximum atomic E-state index is 9.83. The van der Waals surface area contributed by atoms with Crippen LogP contribution in [-0.4, -0.2) is 39.2 Å². The topological polar surface area (TPSA) is 75.3 Å². The van der Waals surface area contributed by atoms with Crippen molar-refractivity contribution in [1.29, 1.82) is 0 Å². The number of aryl methyl sites for hydroxylation is 1. The molecule has 1 saturated heterocycles. The van der Waals surface area contributed by atoms with Gasteiger partial charge in [0, 0.05) is 18.3 Å². The van der Waals surface area contributed by atoms with E-state index in [4.69, 9.17) is 5.73 Å². The third kappa shape index (κ3) is 3.14. The monoisotopic (exact) mass is 236 g/mol. The van der Waals surface area contributed by atoms with Gasteiger partial charge in [0.05, 0.1) is 12.6 Å². The molecule has 94 valence electrons. The fourth-order valence-electron chi connectivity index (χ4n) is 2.18. The lowest BCUT2D eigenvalue weighted by atomic mass is 9.96. The van der Waals surface area contributed by atoms with Crippen molar-refractivity contribution in [2.45, 2.75) is 32.9 Å². The number of rotatable bonds is 2. The Labute approximate surface area is 102 Å². The zero-order chi connectivity index (χ0) is 12.4. The predicted molar refractivity (Wildman–Crippen MR) is 66.2 cm³/mol. The molecule has 0 radical (unpaired) electrons. The van der Waals surface area contributed by atoms with Gasteiger partial charge in [0.1, 0.15) is 11.6 Å². The molecule has 3 N–H and O–H groups in total. The Balaban J connectivity index is 2.01. The number of aliphatic hydroxyl groups excluding tert-OH is 1. The lowest BCUT2D eigenvalue weighted by Gasteiger charge is -2.33. The lowest BCUT2D eigenvalue weighted by Crippen LogP contribution is -2.42. The Morgan fingerprint density at radius 1 is 1.53 bits per heavy atom. The molecule has 0 aliphatic carbocycles. The summed E-state index contributed by atoms with van der Waals surface area (Å²) >= 11 is 0. The maximum Gasteiger partial charge on any atom is 0.144 e. The molecule has 1 aromatic heterocycles. The minimum absolute atomic E-state index is 0.245. The summed E-state index contributed by atoms with van der Waals surface area (Å²) in [5.74, 6) is 1.64. The van der Waals surface area contributed by atoms with Gasteiger partial charge in [-0.25, -0.2) is 9.97 Å². The first-order chi connectivity index (χ1) is 8.04. The van der Waals surface area contributed by atoms with E-state index in [1.165, 1.54) is 0 Å². The van der Waals surface area contributed by atoms with Gasteiger partial charge in [-0.15, -0.1) is 0 Å². The number of hydrogen-bond donors (Lipinski definition) is 2. The second kappa shape index (κ2) is 4.98. The van der Waals surface area contributed by atoms with E-state index in [1.54, 1.807) is 6.07 Å². The Morgan fingerprint density at radius 3 is 2.94 bits per heavy atom. The van der Waals surface area contributed by atoms with Crippen LogP contribution in [0.1, 0.15) is 24.9 Å². The molecule has 2 atom stereocenters. The number of anilines is 1. The van der Waals surface area contributed by atoms with Crippen molar-refractivity contribution in [3.8, 4) is 0 Å². The van der Waals surface area contributed by atoms with Crippen molar-refractivity contribution < 1.29 is 5.11 Å². The maximum absolute atomic E-state index is 9.83. The van der Waals surface area contributed by atoms with Gasteiger partial charge in [-0.1, -0.05) is 6.92 Å². The molecule has 1 fully saturated rings. The van der Waals surface area contributed by atoms with Crippen molar-refractivity contribution in [1.82, 2.24) is 14.9 Å². The molecule has 1 aromatic rings. The molecule has 0 amide bonds. The highest BCUT2D eigenvalue weighted by Gasteiger charge is 2.24. The molecule has 2 unspecified atom stereocenters. The van der Waals surface area contributed by atoms with Crippen LogP contribution in [0, 0.1) is 12.8 Å². The van der Waals surface area contributed by atoms with Crippen molar-refractivity contribution in [3.05, 3.63) is 17.6 Å². The quantitative estimate of drug-likeness (QED) is 0.785. The first kappa shape index (κ1) is 12.3. The largest absolute Gasteiger partial charge is 0.392 e. The van der Waals surface area contributed by atoms with E-state index < -0.39 is 0 Å². The minimum Gasteiger partial charge on any atom is -0.392 e. The SMILES string of the molecule is Cc1cc(N)nc(CN2CCC(C)C(O)C2)n1. The zero-order valence-electron chi connectivity index (χ0n) is 10.4. The van der Waals surface area contributed by atoms with E-state index in [0.717, 1.165) is 24.5 Å². The normalized spacial score (nSPS) is 26.1. The Morgan fingerprint density at radius 2 is 2.29 bits per heavy atom. The molecule has 5 heteroatoms. The molecule has 0 bridgehead atoms. The van der Waals surface area contributed by atoms with E-state index in [1.807, 2.05) is 6.92 Å². The highest BCUT2D eigenvalue weighted by Crippen LogP contribution is 2.18. The van der Waals surface area contributed by atoms with Crippen molar-refractivity contribution >= 4 is 5.82 Å². The molecule has 5 nitrogen and oxygen atoms in total. The van der Waals surface area contributed by atoms with Gasteiger partial charge in [-0.2, -0.15) is 0 Å². The van der Waals surface area contributed by atoms with E-state index in [-0.39, 0.29) is 6.10 Å². The Bertz CT molecular complexity index is 376. The van der Waals surface area contributed by atoms with Crippen LogP contribution in [0.25, 0.3) is 0 Å². The first-order valence-corrected chi connectivity index (χ1v) is 6.05. The van der Waals surface area contributed by atoms with Gasteiger partial charge in [0.25, 0.3) is 0 Å². The Kier molecular flexibility index (Phi) is 3.59. The molecule has 0 spiro atoms. The summed E-state index contributed by atoms with van der Waals surface area (Å²) in [7, 11) is 0. The fourth-order valence-corrected chi connectivity index (χ4v) is 2.18. The van der Waals surface area contributed by atoms with Gasteiger partial charge < -0.3 is 10.8 Å². The molecule has 0 saturated carbocycles. The molecule has 0 aromatic carbocycles. The van der Waals surface area contributed by atoms with Crippen LogP contribution in [0.5, 0.6) is 0 Å². The number of aliphatic hydroxyl groups is 1. The van der Waals surface area contributed by atoms with Gasteiger partial charge in [-0.3, -0.25) is 4.90 Å². The van der Waals surface area contributed by atoms with E-state index in [2.05, 4.69) is 21.8 Å². The summed E-state index contributed by atoms with van der Waals surface area (Å²) in [6, 6.07) is 1.76. The number of nitrogens with zero attached hydrogens (tertiary/aromatic N) is 3. The summed E-state index contributed by atoms with van der Waals surface area (Å²) in [6.07, 6.45) is 0.772. The molecule has 2 rings (SSSR count). The third-order valence-electron chi connectivity index (χ3n) is 3.29. The summed E-state index contributed by atoms with van der Waals surface area (Å²) in [5.41, 5.74) is 6.58. The zero-order valence-corrected chi connectivity index (χ0v) is 10.4. The smallest absolute Gasteiger partial charge is 0.144 e. The average molecular weight is 236 g/mol. The highest BCUT2D eigenvalue weighted by atomic mass is 16.3. The predicted octanol–water partition coefficient (Wildman–Crippen LogP) is 0.570. The van der Waals surface area contributed by atoms with E-state index in [9.17, 15) is 5.11 Å². The van der Waals surface area contributed by atoms with Gasteiger partial charge in [-0.05, 0) is 25.8 Å². The second-order valence-corrected chi connectivity index (χ2v) is 4.92. The van der Waals surface area contributed by atoms with Crippen LogP contribution >= 0.6 is 0 Å². The Hall–Kier alpha value is -1.20. The van der Waals surface area contributed by atoms with Crippen molar-refractivity contribution in [2.75, 3.05) is 18.8 Å². The average Bonchev–Trinajstić information content (AvgIpc) is 2.22. The van der Waals surface area contributed by atoms with E-state index in [0.29, 0.717) is 24.8 Å². The number of β-amino-alcohol motifs (C(OH)–C–C–N with tert-alkyl or cyclic N) is 1. The number of piperidine rings is 1.